The number of aromatic nitrogens is 2. The van der Waals surface area contributed by atoms with Crippen molar-refractivity contribution in [2.75, 3.05) is 5.32 Å². The molecule has 8 nitrogen and oxygen atoms in total. The predicted octanol–water partition coefficient (Wildman–Crippen LogP) is 5.20. The summed E-state index contributed by atoms with van der Waals surface area (Å²) in [5, 5.41) is 11.6. The number of anilines is 1. The lowest BCUT2D eigenvalue weighted by Gasteiger charge is -2.26. The lowest BCUT2D eigenvalue weighted by atomic mass is 9.79. The van der Waals surface area contributed by atoms with E-state index >= 15 is 0 Å². The summed E-state index contributed by atoms with van der Waals surface area (Å²) in [6, 6.07) is 8.49. The first-order valence-electron chi connectivity index (χ1n) is 10.8. The Bertz CT molecular complexity index is 1240. The molecule has 0 saturated heterocycles. The molecule has 11 heteroatoms. The number of amides is 1. The molecular weight excluding hydrogens is 498 g/mol. The van der Waals surface area contributed by atoms with Crippen LogP contribution in [0, 0.1) is 0 Å². The van der Waals surface area contributed by atoms with Crippen molar-refractivity contribution in [2.24, 2.45) is 0 Å². The fourth-order valence-electron chi connectivity index (χ4n) is 3.80. The van der Waals surface area contributed by atoms with E-state index in [2.05, 4.69) is 15.5 Å². The van der Waals surface area contributed by atoms with Crippen LogP contribution in [0.1, 0.15) is 50.4 Å². The third-order valence-corrected chi connectivity index (χ3v) is 7.86. The molecule has 1 saturated carbocycles. The molecular formula is C23H22ClN3O5S2. The number of carbonyl (C=O) groups is 2. The number of carbonyl (C=O) groups excluding carboxylic acids is 2. The summed E-state index contributed by atoms with van der Waals surface area (Å²) in [5.74, 6) is -0.0115. The highest BCUT2D eigenvalue weighted by Crippen LogP contribution is 2.42. The van der Waals surface area contributed by atoms with Gasteiger partial charge in [-0.05, 0) is 30.5 Å². The first-order valence-corrected chi connectivity index (χ1v) is 12.9. The topological polar surface area (TPSA) is 111 Å². The number of hydrogen-bond acceptors (Lipinski definition) is 9. The maximum Gasteiger partial charge on any atom is 0.322 e. The average molecular weight is 520 g/mol. The van der Waals surface area contributed by atoms with Gasteiger partial charge in [-0.3, -0.25) is 14.4 Å². The van der Waals surface area contributed by atoms with Gasteiger partial charge in [0.1, 0.15) is 12.0 Å². The van der Waals surface area contributed by atoms with Gasteiger partial charge in [-0.15, -0.1) is 10.2 Å². The van der Waals surface area contributed by atoms with Crippen LogP contribution in [-0.2, 0) is 20.8 Å². The number of nitrogens with zero attached hydrogens (tertiary/aromatic N) is 2. The second-order valence-electron chi connectivity index (χ2n) is 7.82. The van der Waals surface area contributed by atoms with Crippen molar-refractivity contribution in [2.45, 2.75) is 54.5 Å². The monoisotopic (exact) mass is 519 g/mol. The van der Waals surface area contributed by atoms with Crippen molar-refractivity contribution < 1.29 is 18.7 Å². The maximum absolute atomic E-state index is 13.2. The fourth-order valence-corrected chi connectivity index (χ4v) is 5.59. The van der Waals surface area contributed by atoms with Crippen LogP contribution in [0.15, 0.2) is 50.1 Å². The van der Waals surface area contributed by atoms with Crippen LogP contribution >= 0.6 is 34.7 Å². The highest BCUT2D eigenvalue weighted by Gasteiger charge is 2.44. The van der Waals surface area contributed by atoms with Crippen LogP contribution in [0.3, 0.4) is 0 Å². The van der Waals surface area contributed by atoms with E-state index < -0.39 is 16.8 Å². The molecule has 3 aromatic rings. The Morgan fingerprint density at radius 2 is 1.97 bits per heavy atom. The minimum Gasteiger partial charge on any atom is -0.464 e. The minimum atomic E-state index is -0.797. The number of rotatable bonds is 8. The molecule has 2 aromatic heterocycles. The van der Waals surface area contributed by atoms with Crippen molar-refractivity contribution in [3.05, 3.63) is 63.2 Å². The van der Waals surface area contributed by atoms with Gasteiger partial charge in [0.05, 0.1) is 11.2 Å². The molecule has 1 fully saturated rings. The molecule has 1 aromatic carbocycles. The van der Waals surface area contributed by atoms with Crippen molar-refractivity contribution in [3.8, 4) is 5.75 Å². The summed E-state index contributed by atoms with van der Waals surface area (Å²) in [5.41, 5.74) is -0.398. The van der Waals surface area contributed by atoms with E-state index in [1.54, 1.807) is 19.1 Å². The molecule has 4 rings (SSSR count). The average Bonchev–Trinajstić information content (AvgIpc) is 3.50. The first kappa shape index (κ1) is 24.4. The predicted molar refractivity (Wildman–Crippen MR) is 131 cm³/mol. The van der Waals surface area contributed by atoms with Crippen molar-refractivity contribution in [1.82, 2.24) is 10.2 Å². The van der Waals surface area contributed by atoms with Crippen LogP contribution in [-0.4, -0.2) is 22.1 Å². The second-order valence-corrected chi connectivity index (χ2v) is 10.5. The molecule has 0 aliphatic heterocycles. The van der Waals surface area contributed by atoms with E-state index in [9.17, 15) is 14.4 Å². The van der Waals surface area contributed by atoms with E-state index in [0.717, 1.165) is 18.4 Å². The Morgan fingerprint density at radius 3 is 2.65 bits per heavy atom. The number of benzene rings is 1. The van der Waals surface area contributed by atoms with Gasteiger partial charge in [-0.25, -0.2) is 0 Å². The van der Waals surface area contributed by atoms with Gasteiger partial charge in [0, 0.05) is 17.5 Å². The quantitative estimate of drug-likeness (QED) is 0.245. The van der Waals surface area contributed by atoms with Crippen LogP contribution in [0.4, 0.5) is 5.13 Å². The van der Waals surface area contributed by atoms with Gasteiger partial charge >= 0.3 is 5.97 Å². The summed E-state index contributed by atoms with van der Waals surface area (Å²) in [4.78, 5) is 37.2. The molecule has 1 aliphatic carbocycles. The normalized spacial score (nSPS) is 14.6. The molecule has 178 valence electrons. The zero-order chi connectivity index (χ0) is 24.1. The maximum atomic E-state index is 13.2. The Morgan fingerprint density at radius 1 is 1.24 bits per heavy atom. The minimum absolute atomic E-state index is 0.139. The lowest BCUT2D eigenvalue weighted by Crippen LogP contribution is -2.37. The largest absolute Gasteiger partial charge is 0.464 e. The zero-order valence-electron chi connectivity index (χ0n) is 18.3. The van der Waals surface area contributed by atoms with Gasteiger partial charge in [-0.2, -0.15) is 0 Å². The highest BCUT2D eigenvalue weighted by molar-refractivity contribution is 8.00. The number of esters is 1. The fraction of sp³-hybridized carbons (Fsp3) is 0.348. The Labute approximate surface area is 209 Å². The molecule has 2 heterocycles. The molecule has 0 spiro atoms. The van der Waals surface area contributed by atoms with Crippen LogP contribution in [0.25, 0.3) is 0 Å². The number of hydrogen-bond donors (Lipinski definition) is 1. The van der Waals surface area contributed by atoms with Crippen LogP contribution in [0.2, 0.25) is 5.02 Å². The van der Waals surface area contributed by atoms with Crippen molar-refractivity contribution >= 4 is 51.7 Å². The first-order chi connectivity index (χ1) is 16.4. The Hall–Kier alpha value is -2.69. The highest BCUT2D eigenvalue weighted by atomic mass is 35.5. The Balaban J connectivity index is 1.42. The molecule has 1 aliphatic rings. The van der Waals surface area contributed by atoms with Crippen molar-refractivity contribution in [3.63, 3.8) is 0 Å². The number of thioether (sulfide) groups is 1. The van der Waals surface area contributed by atoms with Gasteiger partial charge in [0.15, 0.2) is 4.34 Å². The van der Waals surface area contributed by atoms with E-state index in [4.69, 9.17) is 20.8 Å². The molecule has 34 heavy (non-hydrogen) atoms. The number of nitrogens with one attached hydrogen (secondary N) is 1. The smallest absolute Gasteiger partial charge is 0.322 e. The van der Waals surface area contributed by atoms with E-state index in [1.807, 2.05) is 12.1 Å². The van der Waals surface area contributed by atoms with Gasteiger partial charge in [-0.1, -0.05) is 66.6 Å². The molecule has 1 amide bonds. The molecule has 1 N–H and O–H groups in total. The van der Waals surface area contributed by atoms with E-state index in [-0.39, 0.29) is 11.7 Å². The summed E-state index contributed by atoms with van der Waals surface area (Å²) in [6.45, 7) is 1.75. The van der Waals surface area contributed by atoms with Crippen LogP contribution in [0.5, 0.6) is 5.75 Å². The van der Waals surface area contributed by atoms with Gasteiger partial charge < -0.3 is 14.5 Å². The molecule has 0 radical (unpaired) electrons. The Kier molecular flexibility index (Phi) is 7.70. The van der Waals surface area contributed by atoms with Crippen LogP contribution < -0.4 is 15.5 Å². The van der Waals surface area contributed by atoms with Gasteiger partial charge in [0.25, 0.3) is 0 Å². The SMILES string of the molecule is CCC(=O)Nc1nnc(SCc2cc(=O)c(OC(=O)C3(c4ccc(Cl)cc4)CCCC3)co2)s1. The third-order valence-electron chi connectivity index (χ3n) is 5.61. The third kappa shape index (κ3) is 5.51. The molecule has 0 unspecified atom stereocenters. The molecule has 0 atom stereocenters. The summed E-state index contributed by atoms with van der Waals surface area (Å²) in [7, 11) is 0. The van der Waals surface area contributed by atoms with E-state index in [0.29, 0.717) is 45.3 Å². The van der Waals surface area contributed by atoms with Crippen molar-refractivity contribution in [1.29, 1.82) is 0 Å². The summed E-state index contributed by atoms with van der Waals surface area (Å²) < 4.78 is 11.7. The van der Waals surface area contributed by atoms with E-state index in [1.165, 1.54) is 35.4 Å². The standard InChI is InChI=1S/C23H22ClN3O5S2/c1-2-19(29)25-21-26-27-22(34-21)33-13-16-11-17(28)18(12-31-16)32-20(30)23(9-3-4-10-23)14-5-7-15(24)8-6-14/h5-8,11-12H,2-4,9-10,13H2,1H3,(H,25,26,29). The number of ether oxygens (including phenoxy) is 1. The summed E-state index contributed by atoms with van der Waals surface area (Å²) in [6.07, 6.45) is 4.63. The zero-order valence-corrected chi connectivity index (χ0v) is 20.7. The molecule has 0 bridgehead atoms. The second kappa shape index (κ2) is 10.7. The number of halogens is 1. The lowest BCUT2D eigenvalue weighted by molar-refractivity contribution is -0.141. The summed E-state index contributed by atoms with van der Waals surface area (Å²) >= 11 is 8.56. The van der Waals surface area contributed by atoms with Gasteiger partial charge in [0.2, 0.25) is 22.2 Å².